The number of aromatic hydroxyl groups is 1. The molecule has 1 aliphatic heterocycles. The Kier molecular flexibility index (Phi) is 5.18. The van der Waals surface area contributed by atoms with E-state index >= 15 is 0 Å². The lowest BCUT2D eigenvalue weighted by atomic mass is 10.0. The molecular formula is C19H24N4O4. The van der Waals surface area contributed by atoms with Gasteiger partial charge in [0.05, 0.1) is 5.69 Å². The van der Waals surface area contributed by atoms with Crippen LogP contribution in [0.2, 0.25) is 0 Å². The Morgan fingerprint density at radius 2 is 2.15 bits per heavy atom. The van der Waals surface area contributed by atoms with Gasteiger partial charge in [-0.05, 0) is 39.1 Å². The third-order valence-electron chi connectivity index (χ3n) is 5.11. The van der Waals surface area contributed by atoms with Crippen molar-refractivity contribution in [2.75, 3.05) is 32.1 Å². The number of anilines is 1. The highest BCUT2D eigenvalue weighted by Crippen LogP contribution is 2.30. The lowest BCUT2D eigenvalue weighted by Gasteiger charge is -2.21. The number of carboxylic acid groups (broad SMARTS) is 1. The minimum Gasteiger partial charge on any atom is -0.506 e. The number of nitrogens with zero attached hydrogens (tertiary/aromatic N) is 3. The maximum Gasteiger partial charge on any atom is 0.345 e. The molecule has 1 fully saturated rings. The Morgan fingerprint density at radius 1 is 1.41 bits per heavy atom. The summed E-state index contributed by atoms with van der Waals surface area (Å²) < 4.78 is 0. The first-order valence-electron chi connectivity index (χ1n) is 8.92. The van der Waals surface area contributed by atoms with E-state index in [0.717, 1.165) is 25.3 Å². The van der Waals surface area contributed by atoms with Crippen LogP contribution in [0.5, 0.6) is 5.75 Å². The number of pyridine rings is 2. The number of H-pyrrole nitrogens is 1. The molecule has 0 spiro atoms. The molecule has 8 nitrogen and oxygen atoms in total. The molecule has 1 atom stereocenters. The number of hydrogen-bond acceptors (Lipinski definition) is 6. The minimum absolute atomic E-state index is 0.372. The molecule has 1 unspecified atom stereocenters. The van der Waals surface area contributed by atoms with Gasteiger partial charge in [-0.3, -0.25) is 4.79 Å². The monoisotopic (exact) mass is 372 g/mol. The number of hydrogen-bond donors (Lipinski definition) is 3. The number of rotatable bonds is 5. The molecule has 0 aromatic carbocycles. The molecule has 2 aromatic heterocycles. The lowest BCUT2D eigenvalue weighted by molar-refractivity contribution is 0.0691. The number of nitrogens with one attached hydrogen (secondary N) is 1. The van der Waals surface area contributed by atoms with Crippen LogP contribution < -0.4 is 10.5 Å². The molecule has 0 aliphatic carbocycles. The van der Waals surface area contributed by atoms with E-state index in [2.05, 4.69) is 33.9 Å². The van der Waals surface area contributed by atoms with Crippen molar-refractivity contribution in [2.24, 2.45) is 0 Å². The average Bonchev–Trinajstić information content (AvgIpc) is 3.11. The second kappa shape index (κ2) is 7.40. The summed E-state index contributed by atoms with van der Waals surface area (Å²) >= 11 is 0. The molecule has 8 heteroatoms. The third kappa shape index (κ3) is 3.52. The summed E-state index contributed by atoms with van der Waals surface area (Å²) in [4.78, 5) is 34.8. The average molecular weight is 372 g/mol. The Bertz CT molecular complexity index is 905. The number of likely N-dealkylation sites (N-methyl/N-ethyl adjacent to an activating group) is 1. The van der Waals surface area contributed by atoms with Crippen LogP contribution in [-0.4, -0.2) is 64.3 Å². The number of aromatic nitrogens is 2. The predicted molar refractivity (Wildman–Crippen MR) is 103 cm³/mol. The maximum absolute atomic E-state index is 12.1. The van der Waals surface area contributed by atoms with Crippen LogP contribution >= 0.6 is 0 Å². The molecular weight excluding hydrogens is 348 g/mol. The first-order chi connectivity index (χ1) is 12.8. The fourth-order valence-corrected chi connectivity index (χ4v) is 3.51. The zero-order chi connectivity index (χ0) is 19.7. The van der Waals surface area contributed by atoms with Crippen LogP contribution in [0.25, 0.3) is 11.3 Å². The van der Waals surface area contributed by atoms with Crippen molar-refractivity contribution in [1.29, 1.82) is 0 Å². The second-order valence-corrected chi connectivity index (χ2v) is 6.95. The predicted octanol–water partition coefficient (Wildman–Crippen LogP) is 1.54. The van der Waals surface area contributed by atoms with Crippen molar-refractivity contribution < 1.29 is 15.0 Å². The standard InChI is InChI=1S/C19H24N4O4/c1-4-13-16(21-18(25)15(17(13)24)19(26)27)11-5-6-14(20-9-11)23-8-7-12(10-23)22(2)3/h5-6,9,12H,4,7-8,10H2,1-3H3,(H,26,27)(H2,21,24,25). The van der Waals surface area contributed by atoms with Crippen molar-refractivity contribution in [3.8, 4) is 17.0 Å². The topological polar surface area (TPSA) is 110 Å². The summed E-state index contributed by atoms with van der Waals surface area (Å²) in [5.74, 6) is -1.08. The first-order valence-corrected chi connectivity index (χ1v) is 8.92. The van der Waals surface area contributed by atoms with Gasteiger partial charge in [0.1, 0.15) is 11.6 Å². The van der Waals surface area contributed by atoms with Crippen LogP contribution in [0.3, 0.4) is 0 Å². The van der Waals surface area contributed by atoms with Gasteiger partial charge in [-0.15, -0.1) is 0 Å². The fourth-order valence-electron chi connectivity index (χ4n) is 3.51. The Balaban J connectivity index is 1.94. The van der Waals surface area contributed by atoms with E-state index in [9.17, 15) is 14.7 Å². The van der Waals surface area contributed by atoms with Gasteiger partial charge >= 0.3 is 5.97 Å². The molecule has 1 aliphatic rings. The number of aromatic carboxylic acids is 1. The Labute approximate surface area is 157 Å². The molecule has 3 heterocycles. The quantitative estimate of drug-likeness (QED) is 0.730. The van der Waals surface area contributed by atoms with E-state index in [4.69, 9.17) is 5.11 Å². The van der Waals surface area contributed by atoms with E-state index in [1.165, 1.54) is 0 Å². The Hall–Kier alpha value is -2.87. The van der Waals surface area contributed by atoms with Gasteiger partial charge in [-0.2, -0.15) is 0 Å². The molecule has 3 rings (SSSR count). The van der Waals surface area contributed by atoms with E-state index in [1.54, 1.807) is 13.1 Å². The largest absolute Gasteiger partial charge is 0.506 e. The SMILES string of the molecule is CCc1c(-c2ccc(N3CCC(N(C)C)C3)nc2)[nH]c(=O)c(C(=O)O)c1O. The fraction of sp³-hybridized carbons (Fsp3) is 0.421. The van der Waals surface area contributed by atoms with Gasteiger partial charge in [0, 0.05) is 36.5 Å². The van der Waals surface area contributed by atoms with Crippen molar-refractivity contribution >= 4 is 11.8 Å². The van der Waals surface area contributed by atoms with Crippen molar-refractivity contribution in [3.05, 3.63) is 39.8 Å². The highest BCUT2D eigenvalue weighted by atomic mass is 16.4. The van der Waals surface area contributed by atoms with E-state index < -0.39 is 22.8 Å². The van der Waals surface area contributed by atoms with E-state index in [-0.39, 0.29) is 0 Å². The van der Waals surface area contributed by atoms with Gasteiger partial charge in [-0.25, -0.2) is 9.78 Å². The first kappa shape index (κ1) is 18.9. The minimum atomic E-state index is -1.45. The van der Waals surface area contributed by atoms with E-state index in [1.807, 2.05) is 12.1 Å². The summed E-state index contributed by atoms with van der Waals surface area (Å²) in [6.45, 7) is 3.63. The summed E-state index contributed by atoms with van der Waals surface area (Å²) in [5.41, 5.74) is -0.0491. The van der Waals surface area contributed by atoms with Crippen molar-refractivity contribution in [1.82, 2.24) is 14.9 Å². The van der Waals surface area contributed by atoms with Crippen LogP contribution in [0, 0.1) is 0 Å². The zero-order valence-electron chi connectivity index (χ0n) is 15.7. The van der Waals surface area contributed by atoms with Gasteiger partial charge in [-0.1, -0.05) is 6.92 Å². The van der Waals surface area contributed by atoms with Gasteiger partial charge in [0.15, 0.2) is 5.56 Å². The van der Waals surface area contributed by atoms with Gasteiger partial charge in [0.2, 0.25) is 0 Å². The third-order valence-corrected chi connectivity index (χ3v) is 5.11. The molecule has 3 N–H and O–H groups in total. The molecule has 0 amide bonds. The maximum atomic E-state index is 12.1. The molecule has 27 heavy (non-hydrogen) atoms. The smallest absolute Gasteiger partial charge is 0.345 e. The molecule has 0 bridgehead atoms. The number of aromatic amines is 1. The van der Waals surface area contributed by atoms with Crippen molar-refractivity contribution in [3.63, 3.8) is 0 Å². The lowest BCUT2D eigenvalue weighted by Crippen LogP contribution is -2.31. The van der Waals surface area contributed by atoms with E-state index in [0.29, 0.717) is 29.3 Å². The van der Waals surface area contributed by atoms with Gasteiger partial charge < -0.3 is 25.0 Å². The van der Waals surface area contributed by atoms with Crippen molar-refractivity contribution in [2.45, 2.75) is 25.8 Å². The van der Waals surface area contributed by atoms with Crippen LogP contribution in [0.15, 0.2) is 23.1 Å². The molecule has 2 aromatic rings. The molecule has 144 valence electrons. The Morgan fingerprint density at radius 3 is 2.67 bits per heavy atom. The summed E-state index contributed by atoms with van der Waals surface area (Å²) in [7, 11) is 4.14. The normalized spacial score (nSPS) is 16.9. The summed E-state index contributed by atoms with van der Waals surface area (Å²) in [6, 6.07) is 4.21. The zero-order valence-corrected chi connectivity index (χ0v) is 15.7. The number of carboxylic acids is 1. The second-order valence-electron chi connectivity index (χ2n) is 6.95. The van der Waals surface area contributed by atoms with Crippen LogP contribution in [0.1, 0.15) is 29.3 Å². The van der Waals surface area contributed by atoms with Crippen LogP contribution in [0.4, 0.5) is 5.82 Å². The highest BCUT2D eigenvalue weighted by Gasteiger charge is 2.25. The molecule has 0 radical (unpaired) electrons. The molecule has 0 saturated carbocycles. The molecule has 1 saturated heterocycles. The summed E-state index contributed by atoms with van der Waals surface area (Å²) in [6.07, 6.45) is 3.09. The summed E-state index contributed by atoms with van der Waals surface area (Å²) in [5, 5.41) is 19.4. The highest BCUT2D eigenvalue weighted by molar-refractivity contribution is 5.91. The van der Waals surface area contributed by atoms with Gasteiger partial charge in [0.25, 0.3) is 5.56 Å². The number of carbonyl (C=O) groups is 1. The van der Waals surface area contributed by atoms with Crippen LogP contribution in [-0.2, 0) is 6.42 Å².